The van der Waals surface area contributed by atoms with Crippen molar-refractivity contribution in [2.75, 3.05) is 18.4 Å². The van der Waals surface area contributed by atoms with E-state index in [1.165, 1.54) is 11.3 Å². The fourth-order valence-corrected chi connectivity index (χ4v) is 4.49. The van der Waals surface area contributed by atoms with E-state index >= 15 is 0 Å². The van der Waals surface area contributed by atoms with E-state index in [1.807, 2.05) is 13.8 Å². The van der Waals surface area contributed by atoms with Gasteiger partial charge in [-0.25, -0.2) is 9.78 Å². The van der Waals surface area contributed by atoms with E-state index < -0.39 is 11.8 Å². The van der Waals surface area contributed by atoms with Crippen LogP contribution in [0.5, 0.6) is 0 Å². The molecule has 0 atom stereocenters. The second kappa shape index (κ2) is 7.86. The summed E-state index contributed by atoms with van der Waals surface area (Å²) in [5.74, 6) is -1.18. The molecule has 4 rings (SSSR count). The summed E-state index contributed by atoms with van der Waals surface area (Å²) in [6, 6.07) is 6.25. The number of hydrogen-bond acceptors (Lipinski definition) is 6. The van der Waals surface area contributed by atoms with Crippen LogP contribution in [0.1, 0.15) is 45.1 Å². The molecule has 156 valence electrons. The molecule has 9 nitrogen and oxygen atoms in total. The number of imide groups is 1. The monoisotopic (exact) mass is 427 g/mol. The van der Waals surface area contributed by atoms with E-state index in [2.05, 4.69) is 15.6 Å². The van der Waals surface area contributed by atoms with Gasteiger partial charge in [0.05, 0.1) is 23.4 Å². The average Bonchev–Trinajstić information content (AvgIpc) is 3.20. The molecule has 0 saturated carbocycles. The lowest BCUT2D eigenvalue weighted by Crippen LogP contribution is -2.44. The minimum Gasteiger partial charge on any atom is -0.336 e. The fraction of sp³-hybridized carbons (Fsp3) is 0.350. The van der Waals surface area contributed by atoms with Gasteiger partial charge in [-0.05, 0) is 26.0 Å². The van der Waals surface area contributed by atoms with Gasteiger partial charge in [0.1, 0.15) is 6.54 Å². The number of nitrogens with zero attached hydrogens (tertiary/aromatic N) is 3. The molecular formula is C20H21N5O4S. The molecule has 0 fully saturated rings. The summed E-state index contributed by atoms with van der Waals surface area (Å²) in [5.41, 5.74) is 1.51. The number of thiazole rings is 1. The van der Waals surface area contributed by atoms with Crippen molar-refractivity contribution in [2.45, 2.75) is 32.9 Å². The summed E-state index contributed by atoms with van der Waals surface area (Å²) in [7, 11) is 0. The SMILES string of the molecule is CC(C)NC(=O)Nc1nc2c(s1)CN(C(=O)CN1C(=O)c3ccccc3C1=O)CC2. The van der Waals surface area contributed by atoms with Crippen LogP contribution < -0.4 is 10.6 Å². The smallest absolute Gasteiger partial charge is 0.321 e. The van der Waals surface area contributed by atoms with Crippen LogP contribution in [-0.2, 0) is 17.8 Å². The van der Waals surface area contributed by atoms with Gasteiger partial charge in [-0.3, -0.25) is 24.6 Å². The lowest BCUT2D eigenvalue weighted by molar-refractivity contribution is -0.132. The van der Waals surface area contributed by atoms with Gasteiger partial charge in [0, 0.05) is 23.9 Å². The maximum atomic E-state index is 12.8. The molecule has 1 aromatic heterocycles. The van der Waals surface area contributed by atoms with E-state index in [0.717, 1.165) is 15.5 Å². The van der Waals surface area contributed by atoms with Crippen LogP contribution >= 0.6 is 11.3 Å². The van der Waals surface area contributed by atoms with Gasteiger partial charge in [-0.2, -0.15) is 0 Å². The molecule has 2 N–H and O–H groups in total. The second-order valence-electron chi connectivity index (χ2n) is 7.45. The molecule has 2 aliphatic heterocycles. The highest BCUT2D eigenvalue weighted by molar-refractivity contribution is 7.15. The number of fused-ring (bicyclic) bond motifs is 2. The van der Waals surface area contributed by atoms with E-state index in [-0.39, 0.29) is 24.5 Å². The molecule has 0 saturated heterocycles. The first-order valence-corrected chi connectivity index (χ1v) is 10.4. The zero-order valence-electron chi connectivity index (χ0n) is 16.6. The van der Waals surface area contributed by atoms with Gasteiger partial charge in [-0.15, -0.1) is 0 Å². The third-order valence-corrected chi connectivity index (χ3v) is 5.89. The van der Waals surface area contributed by atoms with Crippen LogP contribution in [0.15, 0.2) is 24.3 Å². The number of nitrogens with one attached hydrogen (secondary N) is 2. The Morgan fingerprint density at radius 2 is 1.83 bits per heavy atom. The topological polar surface area (TPSA) is 112 Å². The lowest BCUT2D eigenvalue weighted by atomic mass is 10.1. The Kier molecular flexibility index (Phi) is 5.25. The van der Waals surface area contributed by atoms with Gasteiger partial charge in [0.15, 0.2) is 5.13 Å². The highest BCUT2D eigenvalue weighted by atomic mass is 32.1. The molecule has 30 heavy (non-hydrogen) atoms. The summed E-state index contributed by atoms with van der Waals surface area (Å²) >= 11 is 1.32. The maximum Gasteiger partial charge on any atom is 0.321 e. The zero-order chi connectivity index (χ0) is 21.4. The lowest BCUT2D eigenvalue weighted by Gasteiger charge is -2.27. The molecule has 0 aliphatic carbocycles. The van der Waals surface area contributed by atoms with Gasteiger partial charge in [0.25, 0.3) is 11.8 Å². The molecule has 2 aliphatic rings. The second-order valence-corrected chi connectivity index (χ2v) is 8.53. The Hall–Kier alpha value is -3.27. The minimum atomic E-state index is -0.443. The van der Waals surface area contributed by atoms with E-state index in [4.69, 9.17) is 0 Å². The summed E-state index contributed by atoms with van der Waals surface area (Å²) in [4.78, 5) is 57.6. The first-order valence-electron chi connectivity index (χ1n) is 9.62. The van der Waals surface area contributed by atoms with Crippen molar-refractivity contribution >= 4 is 40.2 Å². The Balaban J connectivity index is 1.40. The minimum absolute atomic E-state index is 0.00912. The fourth-order valence-electron chi connectivity index (χ4n) is 3.48. The van der Waals surface area contributed by atoms with E-state index in [9.17, 15) is 19.2 Å². The Morgan fingerprint density at radius 3 is 2.47 bits per heavy atom. The van der Waals surface area contributed by atoms with Crippen molar-refractivity contribution in [3.8, 4) is 0 Å². The predicted octanol–water partition coefficient (Wildman–Crippen LogP) is 1.85. The van der Waals surface area contributed by atoms with Crippen molar-refractivity contribution < 1.29 is 19.2 Å². The van der Waals surface area contributed by atoms with Crippen molar-refractivity contribution in [3.05, 3.63) is 46.0 Å². The van der Waals surface area contributed by atoms with Crippen LogP contribution in [0, 0.1) is 0 Å². The first-order chi connectivity index (χ1) is 14.3. The number of anilines is 1. The predicted molar refractivity (Wildman–Crippen MR) is 110 cm³/mol. The number of rotatable bonds is 4. The number of aromatic nitrogens is 1. The van der Waals surface area contributed by atoms with E-state index in [0.29, 0.717) is 35.8 Å². The number of carbonyl (C=O) groups is 4. The number of amides is 5. The normalized spacial score (nSPS) is 15.3. The van der Waals surface area contributed by atoms with Crippen molar-refractivity contribution in [2.24, 2.45) is 0 Å². The van der Waals surface area contributed by atoms with Gasteiger partial charge in [0.2, 0.25) is 5.91 Å². The number of benzene rings is 1. The van der Waals surface area contributed by atoms with Crippen LogP contribution in [0.3, 0.4) is 0 Å². The van der Waals surface area contributed by atoms with Crippen LogP contribution in [0.25, 0.3) is 0 Å². The summed E-state index contributed by atoms with van der Waals surface area (Å²) in [6.07, 6.45) is 0.549. The van der Waals surface area contributed by atoms with Gasteiger partial charge in [-0.1, -0.05) is 23.5 Å². The molecule has 3 heterocycles. The van der Waals surface area contributed by atoms with Gasteiger partial charge >= 0.3 is 6.03 Å². The van der Waals surface area contributed by atoms with Crippen molar-refractivity contribution in [3.63, 3.8) is 0 Å². The largest absolute Gasteiger partial charge is 0.336 e. The van der Waals surface area contributed by atoms with Gasteiger partial charge < -0.3 is 10.2 Å². The highest BCUT2D eigenvalue weighted by Gasteiger charge is 2.37. The maximum absolute atomic E-state index is 12.8. The average molecular weight is 427 g/mol. The van der Waals surface area contributed by atoms with Crippen LogP contribution in [0.4, 0.5) is 9.93 Å². The summed E-state index contributed by atoms with van der Waals surface area (Å²) < 4.78 is 0. The Morgan fingerprint density at radius 1 is 1.17 bits per heavy atom. The molecule has 10 heteroatoms. The molecule has 2 aromatic rings. The molecule has 0 spiro atoms. The number of urea groups is 1. The van der Waals surface area contributed by atoms with Crippen molar-refractivity contribution in [1.82, 2.24) is 20.1 Å². The molecular weight excluding hydrogens is 406 g/mol. The third kappa shape index (κ3) is 3.78. The molecule has 1 aromatic carbocycles. The molecule has 0 bridgehead atoms. The highest BCUT2D eigenvalue weighted by Crippen LogP contribution is 2.29. The third-order valence-electron chi connectivity index (χ3n) is 4.90. The van der Waals surface area contributed by atoms with Crippen LogP contribution in [-0.4, -0.2) is 57.7 Å². The molecule has 5 amide bonds. The van der Waals surface area contributed by atoms with E-state index in [1.54, 1.807) is 29.2 Å². The zero-order valence-corrected chi connectivity index (χ0v) is 17.4. The van der Waals surface area contributed by atoms with Crippen molar-refractivity contribution in [1.29, 1.82) is 0 Å². The standard InChI is InChI=1S/C20H21N5O4S/c1-11(2)21-19(29)23-20-22-14-7-8-24(9-15(14)30-20)16(26)10-25-17(27)12-5-3-4-6-13(12)18(25)28/h3-6,11H,7-10H2,1-2H3,(H2,21,22,23,29). The van der Waals surface area contributed by atoms with Crippen LogP contribution in [0.2, 0.25) is 0 Å². The Labute approximate surface area is 177 Å². The molecule has 0 unspecified atom stereocenters. The number of hydrogen-bond donors (Lipinski definition) is 2. The number of carbonyl (C=O) groups excluding carboxylic acids is 4. The molecule has 0 radical (unpaired) electrons. The summed E-state index contributed by atoms with van der Waals surface area (Å²) in [5, 5.41) is 5.93. The quantitative estimate of drug-likeness (QED) is 0.724. The summed E-state index contributed by atoms with van der Waals surface area (Å²) in [6.45, 7) is 4.22. The first kappa shape index (κ1) is 20.0. The Bertz CT molecular complexity index is 1010.